The number of unbranched alkanes of at least 4 members (excludes halogenated alkanes) is 1. The Morgan fingerprint density at radius 3 is 2.61 bits per heavy atom. The fraction of sp³-hybridized carbons (Fsp3) is 0.708. The van der Waals surface area contributed by atoms with Crippen molar-refractivity contribution in [2.45, 2.75) is 19.3 Å². The molecule has 1 N–H and O–H groups in total. The van der Waals surface area contributed by atoms with Gasteiger partial charge in [0.1, 0.15) is 0 Å². The smallest absolute Gasteiger partial charge is 0.193 e. The molecule has 0 saturated carbocycles. The van der Waals surface area contributed by atoms with E-state index >= 15 is 0 Å². The Balaban J connectivity index is 1.24. The summed E-state index contributed by atoms with van der Waals surface area (Å²) >= 11 is 0. The van der Waals surface area contributed by atoms with Gasteiger partial charge in [0.2, 0.25) is 0 Å². The molecule has 3 rings (SSSR count). The minimum atomic E-state index is 0.588. The van der Waals surface area contributed by atoms with Crippen LogP contribution in [0.5, 0.6) is 0 Å². The quantitative estimate of drug-likeness (QED) is 0.329. The van der Waals surface area contributed by atoms with Crippen LogP contribution < -0.4 is 10.2 Å². The lowest BCUT2D eigenvalue weighted by atomic mass is 10.1. The molecule has 0 bridgehead atoms. The zero-order valence-electron chi connectivity index (χ0n) is 19.5. The predicted octanol–water partition coefficient (Wildman–Crippen LogP) is 2.15. The Hall–Kier alpha value is -1.83. The second-order valence-corrected chi connectivity index (χ2v) is 8.51. The Morgan fingerprint density at radius 1 is 1.06 bits per heavy atom. The number of hydrogen-bond acceptors (Lipinski definition) is 5. The lowest BCUT2D eigenvalue weighted by Gasteiger charge is -2.36. The number of nitrogens with zero attached hydrogens (tertiary/aromatic N) is 4. The van der Waals surface area contributed by atoms with Gasteiger partial charge in [-0.05, 0) is 37.9 Å². The van der Waals surface area contributed by atoms with E-state index in [2.05, 4.69) is 55.3 Å². The number of likely N-dealkylation sites (tertiary alicyclic amines) is 1. The average molecular weight is 432 g/mol. The molecule has 0 spiro atoms. The van der Waals surface area contributed by atoms with E-state index in [1.54, 1.807) is 7.11 Å². The lowest BCUT2D eigenvalue weighted by molar-refractivity contribution is 0.0536. The van der Waals surface area contributed by atoms with Crippen LogP contribution >= 0.6 is 0 Å². The fourth-order valence-electron chi connectivity index (χ4n) is 4.41. The summed E-state index contributed by atoms with van der Waals surface area (Å²) in [4.78, 5) is 12.0. The van der Waals surface area contributed by atoms with Gasteiger partial charge in [0.15, 0.2) is 5.96 Å². The summed E-state index contributed by atoms with van der Waals surface area (Å²) in [6, 6.07) is 10.8. The van der Waals surface area contributed by atoms with Crippen molar-refractivity contribution >= 4 is 11.6 Å². The first-order valence-corrected chi connectivity index (χ1v) is 11.8. The van der Waals surface area contributed by atoms with Crippen molar-refractivity contribution in [3.8, 4) is 0 Å². The van der Waals surface area contributed by atoms with Crippen LogP contribution in [0.25, 0.3) is 0 Å². The molecule has 174 valence electrons. The molecule has 0 aliphatic carbocycles. The van der Waals surface area contributed by atoms with E-state index in [1.807, 2.05) is 7.05 Å². The van der Waals surface area contributed by atoms with E-state index in [-0.39, 0.29) is 0 Å². The Labute approximate surface area is 188 Å². The number of para-hydroxylation sites is 1. The van der Waals surface area contributed by atoms with Gasteiger partial charge >= 0.3 is 0 Å². The fourth-order valence-corrected chi connectivity index (χ4v) is 4.41. The summed E-state index contributed by atoms with van der Waals surface area (Å²) in [5, 5.41) is 3.56. The number of benzene rings is 1. The van der Waals surface area contributed by atoms with Gasteiger partial charge in [0.25, 0.3) is 0 Å². The first-order valence-electron chi connectivity index (χ1n) is 11.8. The highest BCUT2D eigenvalue weighted by Gasteiger charge is 2.24. The highest BCUT2D eigenvalue weighted by atomic mass is 16.5. The molecular formula is C24H41N5O2. The second-order valence-electron chi connectivity index (χ2n) is 8.51. The Bertz CT molecular complexity index is 634. The van der Waals surface area contributed by atoms with E-state index in [1.165, 1.54) is 31.5 Å². The number of guanidine groups is 1. The Kier molecular flexibility index (Phi) is 10.4. The van der Waals surface area contributed by atoms with Crippen LogP contribution in [0.1, 0.15) is 19.3 Å². The van der Waals surface area contributed by atoms with Gasteiger partial charge in [-0.25, -0.2) is 0 Å². The van der Waals surface area contributed by atoms with Crippen molar-refractivity contribution in [2.24, 2.45) is 10.9 Å². The van der Waals surface area contributed by atoms with Gasteiger partial charge in [0.05, 0.1) is 19.8 Å². The van der Waals surface area contributed by atoms with Gasteiger partial charge < -0.3 is 24.6 Å². The van der Waals surface area contributed by atoms with Crippen molar-refractivity contribution < 1.29 is 9.47 Å². The van der Waals surface area contributed by atoms with E-state index in [9.17, 15) is 0 Å². The molecule has 0 radical (unpaired) electrons. The molecule has 0 aromatic heterocycles. The van der Waals surface area contributed by atoms with Crippen LogP contribution in [-0.2, 0) is 9.47 Å². The second kappa shape index (κ2) is 13.6. The summed E-state index contributed by atoms with van der Waals surface area (Å²) in [6.07, 6.45) is 3.57. The molecule has 1 aromatic rings. The van der Waals surface area contributed by atoms with Crippen LogP contribution in [0, 0.1) is 5.92 Å². The van der Waals surface area contributed by atoms with Crippen LogP contribution in [0.2, 0.25) is 0 Å². The third kappa shape index (κ3) is 7.98. The standard InChI is InChI=1S/C24H41N5O2/c1-25-24(29-13-10-22(20-29)21-31-19-18-30-2)26-11-6-7-12-27-14-16-28(17-15-27)23-8-4-3-5-9-23/h3-5,8-9,22H,6-7,10-21H2,1-2H3,(H,25,26). The maximum Gasteiger partial charge on any atom is 0.193 e. The number of hydrogen-bond donors (Lipinski definition) is 1. The summed E-state index contributed by atoms with van der Waals surface area (Å²) < 4.78 is 10.7. The highest BCUT2D eigenvalue weighted by molar-refractivity contribution is 5.80. The number of rotatable bonds is 11. The first-order chi connectivity index (χ1) is 15.3. The Morgan fingerprint density at radius 2 is 1.87 bits per heavy atom. The molecule has 2 heterocycles. The summed E-state index contributed by atoms with van der Waals surface area (Å²) in [5.41, 5.74) is 1.35. The number of piperazine rings is 1. The zero-order chi connectivity index (χ0) is 21.7. The molecular weight excluding hydrogens is 390 g/mol. The third-order valence-electron chi connectivity index (χ3n) is 6.26. The minimum absolute atomic E-state index is 0.588. The average Bonchev–Trinajstić information content (AvgIpc) is 3.29. The van der Waals surface area contributed by atoms with Crippen LogP contribution in [-0.4, -0.2) is 102 Å². The zero-order valence-corrected chi connectivity index (χ0v) is 19.5. The van der Waals surface area contributed by atoms with Gasteiger partial charge in [-0.3, -0.25) is 9.89 Å². The van der Waals surface area contributed by atoms with E-state index < -0.39 is 0 Å². The van der Waals surface area contributed by atoms with Gasteiger partial charge in [-0.1, -0.05) is 18.2 Å². The molecule has 7 heteroatoms. The molecule has 1 aromatic carbocycles. The normalized spacial score (nSPS) is 20.5. The summed E-state index contributed by atoms with van der Waals surface area (Å²) in [5.74, 6) is 1.63. The molecule has 7 nitrogen and oxygen atoms in total. The molecule has 2 saturated heterocycles. The van der Waals surface area contributed by atoms with Gasteiger partial charge in [-0.2, -0.15) is 0 Å². The van der Waals surface area contributed by atoms with Crippen molar-refractivity contribution in [3.05, 3.63) is 30.3 Å². The van der Waals surface area contributed by atoms with Crippen molar-refractivity contribution in [1.29, 1.82) is 0 Å². The number of methoxy groups -OCH3 is 1. The van der Waals surface area contributed by atoms with Crippen molar-refractivity contribution in [1.82, 2.24) is 15.1 Å². The van der Waals surface area contributed by atoms with Crippen LogP contribution in [0.4, 0.5) is 5.69 Å². The van der Waals surface area contributed by atoms with E-state index in [0.717, 1.165) is 58.4 Å². The monoisotopic (exact) mass is 431 g/mol. The molecule has 1 atom stereocenters. The number of aliphatic imine (C=N–C) groups is 1. The van der Waals surface area contributed by atoms with Crippen LogP contribution in [0.15, 0.2) is 35.3 Å². The number of nitrogens with one attached hydrogen (secondary N) is 1. The topological polar surface area (TPSA) is 52.6 Å². The molecule has 1 unspecified atom stereocenters. The maximum atomic E-state index is 5.70. The molecule has 31 heavy (non-hydrogen) atoms. The van der Waals surface area contributed by atoms with E-state index in [0.29, 0.717) is 19.1 Å². The van der Waals surface area contributed by atoms with E-state index in [4.69, 9.17) is 9.47 Å². The minimum Gasteiger partial charge on any atom is -0.382 e. The van der Waals surface area contributed by atoms with Gasteiger partial charge in [0, 0.05) is 71.6 Å². The SMILES string of the molecule is CN=C(NCCCCN1CCN(c2ccccc2)CC1)N1CCC(COCCOC)C1. The third-order valence-corrected chi connectivity index (χ3v) is 6.26. The number of ether oxygens (including phenoxy) is 2. The first kappa shape index (κ1) is 23.8. The summed E-state index contributed by atoms with van der Waals surface area (Å²) in [7, 11) is 3.60. The molecule has 0 amide bonds. The van der Waals surface area contributed by atoms with Crippen molar-refractivity contribution in [2.75, 3.05) is 91.2 Å². The van der Waals surface area contributed by atoms with Gasteiger partial charge in [-0.15, -0.1) is 0 Å². The predicted molar refractivity (Wildman–Crippen MR) is 128 cm³/mol. The largest absolute Gasteiger partial charge is 0.382 e. The van der Waals surface area contributed by atoms with Crippen LogP contribution in [0.3, 0.4) is 0 Å². The maximum absolute atomic E-state index is 5.70. The molecule has 2 aliphatic rings. The lowest BCUT2D eigenvalue weighted by Crippen LogP contribution is -2.46. The summed E-state index contributed by atoms with van der Waals surface area (Å²) in [6.45, 7) is 11.0. The molecule has 2 fully saturated rings. The number of anilines is 1. The highest BCUT2D eigenvalue weighted by Crippen LogP contribution is 2.17. The molecule has 2 aliphatic heterocycles. The van der Waals surface area contributed by atoms with Crippen molar-refractivity contribution in [3.63, 3.8) is 0 Å².